The number of nitrogens with one attached hydrogen (secondary N) is 2. The van der Waals surface area contributed by atoms with Crippen LogP contribution in [0, 0.1) is 6.92 Å². The highest BCUT2D eigenvalue weighted by Gasteiger charge is 2.27. The van der Waals surface area contributed by atoms with Crippen molar-refractivity contribution in [2.24, 2.45) is 4.99 Å². The highest BCUT2D eigenvalue weighted by molar-refractivity contribution is 5.79. The van der Waals surface area contributed by atoms with E-state index in [0.717, 1.165) is 56.4 Å². The molecule has 3 N–H and O–H groups in total. The average molecular weight is 445 g/mol. The van der Waals surface area contributed by atoms with Crippen LogP contribution >= 0.6 is 0 Å². The third-order valence-corrected chi connectivity index (χ3v) is 5.68. The molecule has 1 atom stereocenters. The highest BCUT2D eigenvalue weighted by Crippen LogP contribution is 2.33. The molecule has 0 saturated carbocycles. The van der Waals surface area contributed by atoms with Gasteiger partial charge in [-0.3, -0.25) is 4.90 Å². The van der Waals surface area contributed by atoms with Crippen molar-refractivity contribution in [3.8, 4) is 11.5 Å². The normalized spacial score (nSPS) is 16.2. The van der Waals surface area contributed by atoms with E-state index in [0.29, 0.717) is 11.7 Å². The number of fused-ring (bicyclic) bond motifs is 1. The van der Waals surface area contributed by atoms with E-state index in [9.17, 15) is 5.11 Å². The molecule has 1 unspecified atom stereocenters. The molecule has 0 fully saturated rings. The van der Waals surface area contributed by atoms with Gasteiger partial charge in [0.1, 0.15) is 17.1 Å². The van der Waals surface area contributed by atoms with Gasteiger partial charge in [0.2, 0.25) is 0 Å². The zero-order valence-electron chi connectivity index (χ0n) is 19.8. The smallest absolute Gasteiger partial charge is 0.191 e. The van der Waals surface area contributed by atoms with Crippen LogP contribution in [0.4, 0.5) is 0 Å². The van der Waals surface area contributed by atoms with Crippen molar-refractivity contribution >= 4 is 5.96 Å². The summed E-state index contributed by atoms with van der Waals surface area (Å²) >= 11 is 0. The Morgan fingerprint density at radius 2 is 1.91 bits per heavy atom. The van der Waals surface area contributed by atoms with Gasteiger partial charge < -0.3 is 29.6 Å². The number of aliphatic hydroxyl groups is 1. The lowest BCUT2D eigenvalue weighted by atomic mass is 9.99. The molecule has 1 aromatic heterocycles. The second kappa shape index (κ2) is 10.7. The van der Waals surface area contributed by atoms with Gasteiger partial charge in [-0.1, -0.05) is 0 Å². The molecule has 2 aromatic rings. The number of rotatable bonds is 9. The number of hydrogen-bond donors (Lipinski definition) is 3. The van der Waals surface area contributed by atoms with Gasteiger partial charge in [-0.2, -0.15) is 0 Å². The maximum atomic E-state index is 10.7. The molecule has 176 valence electrons. The van der Waals surface area contributed by atoms with Crippen LogP contribution in [0.15, 0.2) is 33.7 Å². The number of guanidine groups is 1. The maximum Gasteiger partial charge on any atom is 0.191 e. The number of aliphatic imine (C=N–C) groups is 1. The van der Waals surface area contributed by atoms with Crippen LogP contribution in [-0.2, 0) is 18.6 Å². The number of furan rings is 1. The Morgan fingerprint density at radius 3 is 2.53 bits per heavy atom. The Labute approximate surface area is 190 Å². The first-order valence-corrected chi connectivity index (χ1v) is 11.1. The molecular weight excluding hydrogens is 408 g/mol. The Bertz CT molecular complexity index is 923. The van der Waals surface area contributed by atoms with Gasteiger partial charge in [-0.15, -0.1) is 0 Å². The number of aryl methyl sites for hydroxylation is 1. The monoisotopic (exact) mass is 444 g/mol. The van der Waals surface area contributed by atoms with Gasteiger partial charge in [-0.25, -0.2) is 4.99 Å². The molecule has 1 aromatic carbocycles. The van der Waals surface area contributed by atoms with Gasteiger partial charge in [-0.05, 0) is 62.6 Å². The van der Waals surface area contributed by atoms with Gasteiger partial charge in [0.15, 0.2) is 17.5 Å². The van der Waals surface area contributed by atoms with Gasteiger partial charge in [0.25, 0.3) is 0 Å². The van der Waals surface area contributed by atoms with Crippen LogP contribution in [0.2, 0.25) is 0 Å². The molecule has 2 heterocycles. The van der Waals surface area contributed by atoms with Crippen molar-refractivity contribution in [1.29, 1.82) is 0 Å². The van der Waals surface area contributed by atoms with Crippen LogP contribution in [0.3, 0.4) is 0 Å². The minimum absolute atomic E-state index is 0.202. The molecule has 0 aliphatic carbocycles. The second-order valence-corrected chi connectivity index (χ2v) is 8.31. The van der Waals surface area contributed by atoms with E-state index in [-0.39, 0.29) is 6.54 Å². The van der Waals surface area contributed by atoms with Crippen LogP contribution < -0.4 is 20.1 Å². The van der Waals surface area contributed by atoms with Crippen LogP contribution in [0.25, 0.3) is 0 Å². The van der Waals surface area contributed by atoms with Crippen LogP contribution in [-0.4, -0.2) is 62.9 Å². The fourth-order valence-corrected chi connectivity index (χ4v) is 3.84. The average Bonchev–Trinajstić information content (AvgIpc) is 3.23. The molecule has 32 heavy (non-hydrogen) atoms. The van der Waals surface area contributed by atoms with E-state index in [1.54, 1.807) is 27.2 Å². The molecule has 0 bridgehead atoms. The third-order valence-electron chi connectivity index (χ3n) is 5.68. The molecule has 8 nitrogen and oxygen atoms in total. The van der Waals surface area contributed by atoms with Crippen LogP contribution in [0.1, 0.15) is 36.5 Å². The Balaban J connectivity index is 1.55. The topological polar surface area (TPSA) is 91.5 Å². The molecule has 8 heteroatoms. The SMILES string of the molecule is CCNC(=NCC(C)(O)c1ccc(C)o1)NCCN1CCc2cc(OC)c(OC)cc2C1. The minimum atomic E-state index is -1.16. The van der Waals surface area contributed by atoms with Crippen molar-refractivity contribution in [1.82, 2.24) is 15.5 Å². The van der Waals surface area contributed by atoms with E-state index in [4.69, 9.17) is 13.9 Å². The van der Waals surface area contributed by atoms with Gasteiger partial charge in [0.05, 0.1) is 20.8 Å². The summed E-state index contributed by atoms with van der Waals surface area (Å²) in [6, 6.07) is 7.81. The van der Waals surface area contributed by atoms with Crippen molar-refractivity contribution in [3.05, 3.63) is 46.9 Å². The Morgan fingerprint density at radius 1 is 1.19 bits per heavy atom. The fraction of sp³-hybridized carbons (Fsp3) is 0.542. The number of hydrogen-bond acceptors (Lipinski definition) is 6. The minimum Gasteiger partial charge on any atom is -0.493 e. The first-order chi connectivity index (χ1) is 15.4. The first-order valence-electron chi connectivity index (χ1n) is 11.1. The maximum absolute atomic E-state index is 10.7. The summed E-state index contributed by atoms with van der Waals surface area (Å²) in [4.78, 5) is 6.98. The van der Waals surface area contributed by atoms with Crippen molar-refractivity contribution in [3.63, 3.8) is 0 Å². The summed E-state index contributed by atoms with van der Waals surface area (Å²) in [7, 11) is 3.34. The molecule has 0 saturated heterocycles. The van der Waals surface area contributed by atoms with E-state index in [1.165, 1.54) is 11.1 Å². The van der Waals surface area contributed by atoms with E-state index in [1.807, 2.05) is 19.9 Å². The van der Waals surface area contributed by atoms with E-state index >= 15 is 0 Å². The lowest BCUT2D eigenvalue weighted by Crippen LogP contribution is -2.43. The summed E-state index contributed by atoms with van der Waals surface area (Å²) in [5, 5.41) is 17.3. The first kappa shape index (κ1) is 23.9. The summed E-state index contributed by atoms with van der Waals surface area (Å²) in [5.41, 5.74) is 1.43. The predicted octanol–water partition coefficient (Wildman–Crippen LogP) is 2.43. The third kappa shape index (κ3) is 5.95. The Kier molecular flexibility index (Phi) is 8.04. The van der Waals surface area contributed by atoms with Crippen molar-refractivity contribution in [2.45, 2.75) is 39.3 Å². The quantitative estimate of drug-likeness (QED) is 0.404. The van der Waals surface area contributed by atoms with Crippen molar-refractivity contribution < 1.29 is 19.0 Å². The Hall–Kier alpha value is -2.71. The standard InChI is InChI=1S/C24H36N4O4/c1-6-25-23(27-16-24(3,29)22-8-7-17(2)32-22)26-10-12-28-11-9-18-13-20(30-4)21(31-5)14-19(18)15-28/h7-8,13-14,29H,6,9-12,15-16H2,1-5H3,(H2,25,26,27). The highest BCUT2D eigenvalue weighted by atomic mass is 16.5. The van der Waals surface area contributed by atoms with Crippen molar-refractivity contribution in [2.75, 3.05) is 46.9 Å². The number of benzene rings is 1. The van der Waals surface area contributed by atoms with Crippen LogP contribution in [0.5, 0.6) is 11.5 Å². The lowest BCUT2D eigenvalue weighted by Gasteiger charge is -2.29. The van der Waals surface area contributed by atoms with E-state index < -0.39 is 5.60 Å². The van der Waals surface area contributed by atoms with E-state index in [2.05, 4.69) is 32.7 Å². The zero-order chi connectivity index (χ0) is 23.1. The lowest BCUT2D eigenvalue weighted by molar-refractivity contribution is 0.0428. The summed E-state index contributed by atoms with van der Waals surface area (Å²) in [6.07, 6.45) is 0.981. The molecular formula is C24H36N4O4. The number of methoxy groups -OCH3 is 2. The number of nitrogens with zero attached hydrogens (tertiary/aromatic N) is 2. The summed E-state index contributed by atoms with van der Waals surface area (Å²) in [6.45, 7) is 10.0. The summed E-state index contributed by atoms with van der Waals surface area (Å²) < 4.78 is 16.5. The largest absolute Gasteiger partial charge is 0.493 e. The molecule has 0 spiro atoms. The predicted molar refractivity (Wildman–Crippen MR) is 126 cm³/mol. The molecule has 1 aliphatic rings. The zero-order valence-corrected chi connectivity index (χ0v) is 19.8. The second-order valence-electron chi connectivity index (χ2n) is 8.31. The summed E-state index contributed by atoms with van der Waals surface area (Å²) in [5.74, 6) is 3.53. The fourth-order valence-electron chi connectivity index (χ4n) is 3.84. The molecule has 0 radical (unpaired) electrons. The molecule has 1 aliphatic heterocycles. The van der Waals surface area contributed by atoms with Gasteiger partial charge in [0, 0.05) is 32.7 Å². The number of ether oxygens (including phenoxy) is 2. The molecule has 0 amide bonds. The van der Waals surface area contributed by atoms with Gasteiger partial charge >= 0.3 is 0 Å². The molecule has 3 rings (SSSR count).